The molecule has 0 fully saturated rings. The van der Waals surface area contributed by atoms with Crippen LogP contribution in [-0.2, 0) is 20.9 Å². The summed E-state index contributed by atoms with van der Waals surface area (Å²) in [5.41, 5.74) is 2.38. The van der Waals surface area contributed by atoms with Crippen molar-refractivity contribution in [2.24, 2.45) is 0 Å². The number of rotatable bonds is 7. The molecule has 2 heterocycles. The summed E-state index contributed by atoms with van der Waals surface area (Å²) in [6, 6.07) is 10.6. The first kappa shape index (κ1) is 23.8. The Morgan fingerprint density at radius 1 is 1.19 bits per heavy atom. The van der Waals surface area contributed by atoms with Crippen molar-refractivity contribution in [3.8, 4) is 0 Å². The van der Waals surface area contributed by atoms with E-state index >= 15 is 0 Å². The van der Waals surface area contributed by atoms with E-state index in [0.29, 0.717) is 33.7 Å². The van der Waals surface area contributed by atoms with Gasteiger partial charge in [-0.1, -0.05) is 53.0 Å². The van der Waals surface area contributed by atoms with Gasteiger partial charge in [-0.3, -0.25) is 4.79 Å². The van der Waals surface area contributed by atoms with Gasteiger partial charge < -0.3 is 10.1 Å². The maximum Gasteiger partial charge on any atom is 0.331 e. The molecule has 166 valence electrons. The molecule has 0 aliphatic rings. The van der Waals surface area contributed by atoms with Gasteiger partial charge in [0.1, 0.15) is 5.15 Å². The maximum absolute atomic E-state index is 12.2. The number of halogens is 3. The first-order valence-electron chi connectivity index (χ1n) is 9.52. The van der Waals surface area contributed by atoms with E-state index in [1.807, 2.05) is 18.2 Å². The Bertz CT molecular complexity index is 1180. The molecule has 10 heteroatoms. The minimum atomic E-state index is -1.05. The Balaban J connectivity index is 1.64. The van der Waals surface area contributed by atoms with Gasteiger partial charge in [-0.15, -0.1) is 0 Å². The first-order valence-corrected chi connectivity index (χ1v) is 10.7. The second-order valence-electron chi connectivity index (χ2n) is 6.78. The van der Waals surface area contributed by atoms with Crippen LogP contribution in [0.25, 0.3) is 6.08 Å². The molecule has 0 aliphatic heterocycles. The summed E-state index contributed by atoms with van der Waals surface area (Å²) in [6.45, 7) is 3.60. The third-order valence-corrected chi connectivity index (χ3v) is 5.52. The summed E-state index contributed by atoms with van der Waals surface area (Å²) in [5, 5.41) is 8.06. The quantitative estimate of drug-likeness (QED) is 0.278. The number of ether oxygens (including phenoxy) is 1. The molecule has 1 N–H and O–H groups in total. The molecule has 0 aliphatic carbocycles. The molecule has 0 saturated carbocycles. The average Bonchev–Trinajstić information content (AvgIpc) is 3.02. The zero-order chi connectivity index (χ0) is 23.3. The number of carbonyl (C=O) groups is 2. The number of hydrogen-bond acceptors (Lipinski definition) is 5. The molecule has 1 unspecified atom stereocenters. The topological polar surface area (TPSA) is 86.1 Å². The average molecular weight is 494 g/mol. The van der Waals surface area contributed by atoms with Gasteiger partial charge >= 0.3 is 5.97 Å². The molecular formula is C22H19Cl3N4O3. The Hall–Kier alpha value is -2.87. The van der Waals surface area contributed by atoms with Crippen LogP contribution in [0.15, 0.2) is 48.7 Å². The van der Waals surface area contributed by atoms with Gasteiger partial charge in [-0.2, -0.15) is 5.10 Å². The highest BCUT2D eigenvalue weighted by molar-refractivity contribution is 6.32. The van der Waals surface area contributed by atoms with Crippen molar-refractivity contribution in [3.05, 3.63) is 80.8 Å². The number of amides is 1. The lowest BCUT2D eigenvalue weighted by Crippen LogP contribution is -2.29. The molecule has 0 radical (unpaired) electrons. The molecule has 3 rings (SSSR count). The van der Waals surface area contributed by atoms with E-state index in [0.717, 1.165) is 5.56 Å². The van der Waals surface area contributed by atoms with Crippen molar-refractivity contribution >= 4 is 58.4 Å². The molecular weight excluding hydrogens is 475 g/mol. The van der Waals surface area contributed by atoms with Crippen molar-refractivity contribution in [1.29, 1.82) is 0 Å². The number of benzene rings is 1. The molecule has 2 aromatic heterocycles. The van der Waals surface area contributed by atoms with E-state index < -0.39 is 18.0 Å². The van der Waals surface area contributed by atoms with E-state index in [1.165, 1.54) is 25.3 Å². The number of nitrogens with zero attached hydrogens (tertiary/aromatic N) is 3. The van der Waals surface area contributed by atoms with E-state index in [4.69, 9.17) is 39.5 Å². The zero-order valence-corrected chi connectivity index (χ0v) is 19.4. The van der Waals surface area contributed by atoms with E-state index in [-0.39, 0.29) is 5.15 Å². The first-order chi connectivity index (χ1) is 15.3. The van der Waals surface area contributed by atoms with E-state index in [2.05, 4.69) is 15.4 Å². The second-order valence-corrected chi connectivity index (χ2v) is 7.91. The normalized spacial score (nSPS) is 12.0. The summed E-state index contributed by atoms with van der Waals surface area (Å²) in [4.78, 5) is 28.3. The van der Waals surface area contributed by atoms with Crippen LogP contribution in [0.3, 0.4) is 0 Å². The monoisotopic (exact) mass is 492 g/mol. The van der Waals surface area contributed by atoms with Crippen LogP contribution < -0.4 is 5.32 Å². The molecule has 0 saturated heterocycles. The van der Waals surface area contributed by atoms with E-state index in [1.54, 1.807) is 29.8 Å². The highest BCUT2D eigenvalue weighted by atomic mass is 35.5. The lowest BCUT2D eigenvalue weighted by Gasteiger charge is -2.12. The minimum Gasteiger partial charge on any atom is -0.449 e. The second kappa shape index (κ2) is 10.6. The summed E-state index contributed by atoms with van der Waals surface area (Å²) >= 11 is 18.6. The molecule has 1 aromatic carbocycles. The smallest absolute Gasteiger partial charge is 0.331 e. The van der Waals surface area contributed by atoms with Crippen LogP contribution in [0, 0.1) is 6.92 Å². The zero-order valence-electron chi connectivity index (χ0n) is 17.2. The van der Waals surface area contributed by atoms with Gasteiger partial charge in [0.05, 0.1) is 17.9 Å². The van der Waals surface area contributed by atoms with Crippen molar-refractivity contribution in [1.82, 2.24) is 14.8 Å². The number of nitrogens with one attached hydrogen (secondary N) is 1. The van der Waals surface area contributed by atoms with Gasteiger partial charge in [0.2, 0.25) is 0 Å². The molecule has 0 bridgehead atoms. The Morgan fingerprint density at radius 3 is 2.66 bits per heavy atom. The van der Waals surface area contributed by atoms with Crippen LogP contribution in [0.2, 0.25) is 15.3 Å². The Kier molecular flexibility index (Phi) is 7.90. The number of anilines is 1. The van der Waals surface area contributed by atoms with Crippen molar-refractivity contribution in [2.45, 2.75) is 26.5 Å². The fourth-order valence-electron chi connectivity index (χ4n) is 2.78. The highest BCUT2D eigenvalue weighted by Gasteiger charge is 2.18. The SMILES string of the molecule is Cc1nn(Cc2ccccc2Cl)c(Cl)c1/C=C/C(=O)OC(C)C(=O)Nc1cccnc1Cl. The summed E-state index contributed by atoms with van der Waals surface area (Å²) in [5.74, 6) is -1.25. The molecule has 0 spiro atoms. The Morgan fingerprint density at radius 2 is 1.94 bits per heavy atom. The predicted molar refractivity (Wildman–Crippen MR) is 125 cm³/mol. The Labute approximate surface area is 199 Å². The van der Waals surface area contributed by atoms with Crippen LogP contribution in [0.5, 0.6) is 0 Å². The molecule has 7 nitrogen and oxygen atoms in total. The van der Waals surface area contributed by atoms with Crippen LogP contribution >= 0.6 is 34.8 Å². The van der Waals surface area contributed by atoms with Gasteiger partial charge in [0.15, 0.2) is 11.3 Å². The fraction of sp³-hybridized carbons (Fsp3) is 0.182. The van der Waals surface area contributed by atoms with Crippen molar-refractivity contribution in [3.63, 3.8) is 0 Å². The highest BCUT2D eigenvalue weighted by Crippen LogP contribution is 2.24. The van der Waals surface area contributed by atoms with Crippen LogP contribution in [0.4, 0.5) is 5.69 Å². The molecule has 1 amide bonds. The van der Waals surface area contributed by atoms with Crippen LogP contribution in [-0.4, -0.2) is 32.7 Å². The number of hydrogen-bond donors (Lipinski definition) is 1. The summed E-state index contributed by atoms with van der Waals surface area (Å²) in [6.07, 6.45) is 3.13. The summed E-state index contributed by atoms with van der Waals surface area (Å²) < 4.78 is 6.75. The summed E-state index contributed by atoms with van der Waals surface area (Å²) in [7, 11) is 0. The van der Waals surface area contributed by atoms with Gasteiger partial charge in [0.25, 0.3) is 5.91 Å². The van der Waals surface area contributed by atoms with E-state index in [9.17, 15) is 9.59 Å². The fourth-order valence-corrected chi connectivity index (χ4v) is 3.44. The number of aromatic nitrogens is 3. The molecule has 3 aromatic rings. The number of aryl methyl sites for hydroxylation is 1. The number of pyridine rings is 1. The van der Waals surface area contributed by atoms with Gasteiger partial charge in [0, 0.05) is 22.9 Å². The minimum absolute atomic E-state index is 0.137. The largest absolute Gasteiger partial charge is 0.449 e. The molecule has 32 heavy (non-hydrogen) atoms. The maximum atomic E-state index is 12.2. The van der Waals surface area contributed by atoms with Crippen LogP contribution in [0.1, 0.15) is 23.7 Å². The molecule has 1 atom stereocenters. The number of esters is 1. The third kappa shape index (κ3) is 5.88. The van der Waals surface area contributed by atoms with Crippen molar-refractivity contribution in [2.75, 3.05) is 5.32 Å². The standard InChI is InChI=1S/C22H19Cl3N4O3/c1-13-16(21(25)29(28-13)12-15-6-3-4-7-17(15)23)9-10-19(30)32-14(2)22(31)27-18-8-5-11-26-20(18)24/h3-11,14H,12H2,1-2H3,(H,27,31)/b10-9+. The van der Waals surface area contributed by atoms with Gasteiger partial charge in [-0.25, -0.2) is 14.5 Å². The lowest BCUT2D eigenvalue weighted by atomic mass is 10.2. The lowest BCUT2D eigenvalue weighted by molar-refractivity contribution is -0.148. The third-order valence-electron chi connectivity index (χ3n) is 4.45. The predicted octanol–water partition coefficient (Wildman–Crippen LogP) is 5.18. The van der Waals surface area contributed by atoms with Crippen molar-refractivity contribution < 1.29 is 14.3 Å². The number of carbonyl (C=O) groups excluding carboxylic acids is 2. The van der Waals surface area contributed by atoms with Gasteiger partial charge in [-0.05, 0) is 43.7 Å².